The SMILES string of the molecule is Cc1ccc(C)c2sc(N(C)CC(=O)Nc3ccccc3C(F)(F)F)nc12. The number of nitrogens with one attached hydrogen (secondary N) is 1. The van der Waals surface area contributed by atoms with Crippen molar-refractivity contribution < 1.29 is 18.0 Å². The van der Waals surface area contributed by atoms with Gasteiger partial charge in [-0.05, 0) is 37.1 Å². The third-order valence-corrected chi connectivity index (χ3v) is 5.45. The van der Waals surface area contributed by atoms with Gasteiger partial charge in [-0.2, -0.15) is 13.2 Å². The van der Waals surface area contributed by atoms with Crippen LogP contribution in [0.15, 0.2) is 36.4 Å². The normalized spacial score (nSPS) is 11.6. The highest BCUT2D eigenvalue weighted by molar-refractivity contribution is 7.22. The molecule has 0 atom stereocenters. The van der Waals surface area contributed by atoms with E-state index >= 15 is 0 Å². The summed E-state index contributed by atoms with van der Waals surface area (Å²) < 4.78 is 40.2. The van der Waals surface area contributed by atoms with E-state index in [1.807, 2.05) is 26.0 Å². The molecule has 1 aromatic heterocycles. The first-order valence-electron chi connectivity index (χ1n) is 8.21. The van der Waals surface area contributed by atoms with Crippen LogP contribution in [0.2, 0.25) is 0 Å². The van der Waals surface area contributed by atoms with Crippen molar-refractivity contribution in [2.45, 2.75) is 20.0 Å². The lowest BCUT2D eigenvalue weighted by Crippen LogP contribution is -2.30. The molecule has 0 saturated carbocycles. The van der Waals surface area contributed by atoms with Gasteiger partial charge < -0.3 is 10.2 Å². The van der Waals surface area contributed by atoms with Crippen molar-refractivity contribution in [3.05, 3.63) is 53.1 Å². The summed E-state index contributed by atoms with van der Waals surface area (Å²) in [5, 5.41) is 2.99. The number of hydrogen-bond acceptors (Lipinski definition) is 4. The minimum atomic E-state index is -4.53. The maximum atomic E-state index is 13.1. The average molecular weight is 393 g/mol. The number of aromatic nitrogens is 1. The Hall–Kier alpha value is -2.61. The van der Waals surface area contributed by atoms with Gasteiger partial charge in [0.25, 0.3) is 0 Å². The number of rotatable bonds is 4. The summed E-state index contributed by atoms with van der Waals surface area (Å²) in [6.07, 6.45) is -4.53. The first-order valence-corrected chi connectivity index (χ1v) is 9.02. The topological polar surface area (TPSA) is 45.2 Å². The lowest BCUT2D eigenvalue weighted by molar-refractivity contribution is -0.137. The zero-order chi connectivity index (χ0) is 19.8. The minimum Gasteiger partial charge on any atom is -0.342 e. The van der Waals surface area contributed by atoms with E-state index in [2.05, 4.69) is 10.3 Å². The van der Waals surface area contributed by atoms with Gasteiger partial charge in [0.2, 0.25) is 5.91 Å². The number of likely N-dealkylation sites (N-methyl/N-ethyl adjacent to an activating group) is 1. The maximum Gasteiger partial charge on any atom is 0.418 e. The lowest BCUT2D eigenvalue weighted by Gasteiger charge is -2.17. The number of anilines is 2. The average Bonchev–Trinajstić information content (AvgIpc) is 3.04. The molecule has 1 N–H and O–H groups in total. The number of aryl methyl sites for hydroxylation is 2. The van der Waals surface area contributed by atoms with Crippen LogP contribution in [0.5, 0.6) is 0 Å². The molecule has 3 aromatic rings. The Kier molecular flexibility index (Phi) is 5.10. The highest BCUT2D eigenvalue weighted by Gasteiger charge is 2.33. The van der Waals surface area contributed by atoms with E-state index in [9.17, 15) is 18.0 Å². The number of halogens is 3. The second-order valence-corrected chi connectivity index (χ2v) is 7.30. The minimum absolute atomic E-state index is 0.107. The molecule has 0 aliphatic carbocycles. The van der Waals surface area contributed by atoms with E-state index in [4.69, 9.17) is 0 Å². The fourth-order valence-electron chi connectivity index (χ4n) is 2.72. The number of amides is 1. The molecule has 0 fully saturated rings. The van der Waals surface area contributed by atoms with Crippen LogP contribution in [-0.4, -0.2) is 24.5 Å². The Morgan fingerprint density at radius 2 is 1.81 bits per heavy atom. The molecule has 2 aromatic carbocycles. The maximum absolute atomic E-state index is 13.1. The number of fused-ring (bicyclic) bond motifs is 1. The number of benzene rings is 2. The summed E-state index contributed by atoms with van der Waals surface area (Å²) >= 11 is 1.46. The summed E-state index contributed by atoms with van der Waals surface area (Å²) in [4.78, 5) is 18.5. The van der Waals surface area contributed by atoms with Crippen LogP contribution in [0, 0.1) is 13.8 Å². The molecule has 1 heterocycles. The summed E-state index contributed by atoms with van der Waals surface area (Å²) in [6.45, 7) is 3.85. The molecule has 0 bridgehead atoms. The number of hydrogen-bond donors (Lipinski definition) is 1. The second kappa shape index (κ2) is 7.19. The van der Waals surface area contributed by atoms with Crippen molar-refractivity contribution >= 4 is 38.3 Å². The highest BCUT2D eigenvalue weighted by Crippen LogP contribution is 2.35. The van der Waals surface area contributed by atoms with Gasteiger partial charge >= 0.3 is 6.18 Å². The number of carbonyl (C=O) groups is 1. The van der Waals surface area contributed by atoms with Crippen LogP contribution in [0.25, 0.3) is 10.2 Å². The molecule has 4 nitrogen and oxygen atoms in total. The van der Waals surface area contributed by atoms with Crippen molar-refractivity contribution in [1.82, 2.24) is 4.98 Å². The lowest BCUT2D eigenvalue weighted by atomic mass is 10.1. The van der Waals surface area contributed by atoms with Crippen molar-refractivity contribution in [2.24, 2.45) is 0 Å². The van der Waals surface area contributed by atoms with Gasteiger partial charge in [0.15, 0.2) is 5.13 Å². The smallest absolute Gasteiger partial charge is 0.342 e. The number of alkyl halides is 3. The monoisotopic (exact) mass is 393 g/mol. The van der Waals surface area contributed by atoms with Gasteiger partial charge in [0.05, 0.1) is 28.0 Å². The molecule has 0 aliphatic heterocycles. The first kappa shape index (κ1) is 19.2. The quantitative estimate of drug-likeness (QED) is 0.678. The predicted molar refractivity (Wildman–Crippen MR) is 102 cm³/mol. The number of thiazole rings is 1. The number of para-hydroxylation sites is 1. The highest BCUT2D eigenvalue weighted by atomic mass is 32.1. The van der Waals surface area contributed by atoms with Crippen LogP contribution >= 0.6 is 11.3 Å². The Balaban J connectivity index is 1.77. The van der Waals surface area contributed by atoms with Gasteiger partial charge in [-0.1, -0.05) is 35.6 Å². The second-order valence-electron chi connectivity index (χ2n) is 6.32. The number of carbonyl (C=O) groups excluding carboxylic acids is 1. The van der Waals surface area contributed by atoms with Gasteiger partial charge in [0.1, 0.15) is 0 Å². The molecule has 142 valence electrons. The van der Waals surface area contributed by atoms with Crippen LogP contribution in [0.1, 0.15) is 16.7 Å². The summed E-state index contributed by atoms with van der Waals surface area (Å²) in [7, 11) is 1.69. The summed E-state index contributed by atoms with van der Waals surface area (Å²) in [6, 6.07) is 8.93. The Bertz CT molecular complexity index is 959. The molecule has 8 heteroatoms. The standard InChI is InChI=1S/C19H18F3N3OS/c1-11-8-9-12(2)17-16(11)24-18(27-17)25(3)10-15(26)23-14-7-5-4-6-13(14)19(20,21)22/h4-9H,10H2,1-3H3,(H,23,26). The molecular weight excluding hydrogens is 375 g/mol. The predicted octanol–water partition coefficient (Wildman–Crippen LogP) is 5.01. The van der Waals surface area contributed by atoms with Gasteiger partial charge in [-0.25, -0.2) is 4.98 Å². The summed E-state index contributed by atoms with van der Waals surface area (Å²) in [5.41, 5.74) is 1.89. The Morgan fingerprint density at radius 3 is 2.48 bits per heavy atom. The Morgan fingerprint density at radius 1 is 1.15 bits per heavy atom. The third-order valence-electron chi connectivity index (χ3n) is 4.14. The van der Waals surface area contributed by atoms with E-state index in [1.54, 1.807) is 11.9 Å². The fourth-order valence-corrected chi connectivity index (χ4v) is 3.80. The molecule has 0 aliphatic rings. The third kappa shape index (κ3) is 4.05. The molecule has 0 saturated heterocycles. The van der Waals surface area contributed by atoms with Gasteiger partial charge in [-0.15, -0.1) is 0 Å². The molecule has 1 amide bonds. The van der Waals surface area contributed by atoms with Crippen LogP contribution in [0.3, 0.4) is 0 Å². The largest absolute Gasteiger partial charge is 0.418 e. The fraction of sp³-hybridized carbons (Fsp3) is 0.263. The van der Waals surface area contributed by atoms with Crippen LogP contribution in [-0.2, 0) is 11.0 Å². The van der Waals surface area contributed by atoms with Crippen molar-refractivity contribution in [3.63, 3.8) is 0 Å². The van der Waals surface area contributed by atoms with E-state index in [1.165, 1.54) is 29.5 Å². The molecule has 3 rings (SSSR count). The van der Waals surface area contributed by atoms with Crippen LogP contribution in [0.4, 0.5) is 24.0 Å². The molecular formula is C19H18F3N3OS. The zero-order valence-corrected chi connectivity index (χ0v) is 15.8. The van der Waals surface area contributed by atoms with E-state index in [-0.39, 0.29) is 12.2 Å². The van der Waals surface area contributed by atoms with E-state index < -0.39 is 17.6 Å². The van der Waals surface area contributed by atoms with E-state index in [0.717, 1.165) is 27.4 Å². The Labute approximate surface area is 158 Å². The molecule has 0 spiro atoms. The zero-order valence-electron chi connectivity index (χ0n) is 15.0. The van der Waals surface area contributed by atoms with Crippen molar-refractivity contribution in [3.8, 4) is 0 Å². The van der Waals surface area contributed by atoms with Crippen LogP contribution < -0.4 is 10.2 Å². The first-order chi connectivity index (χ1) is 12.7. The van der Waals surface area contributed by atoms with Crippen molar-refractivity contribution in [2.75, 3.05) is 23.8 Å². The number of nitrogens with zero attached hydrogens (tertiary/aromatic N) is 2. The molecule has 0 radical (unpaired) electrons. The summed E-state index contributed by atoms with van der Waals surface area (Å²) in [5.74, 6) is -0.540. The molecule has 0 unspecified atom stereocenters. The van der Waals surface area contributed by atoms with Gasteiger partial charge in [0, 0.05) is 7.05 Å². The van der Waals surface area contributed by atoms with E-state index in [0.29, 0.717) is 5.13 Å². The van der Waals surface area contributed by atoms with Crippen molar-refractivity contribution in [1.29, 1.82) is 0 Å². The van der Waals surface area contributed by atoms with Gasteiger partial charge in [-0.3, -0.25) is 4.79 Å². The molecule has 27 heavy (non-hydrogen) atoms.